The molecular formula is C11H11ClN4O3S. The van der Waals surface area contributed by atoms with Crippen molar-refractivity contribution in [3.05, 3.63) is 34.9 Å². The first-order valence-corrected chi connectivity index (χ1v) is 7.31. The van der Waals surface area contributed by atoms with Gasteiger partial charge < -0.3 is 5.32 Å². The van der Waals surface area contributed by atoms with Gasteiger partial charge in [0.25, 0.3) is 10.1 Å². The minimum atomic E-state index is -4.36. The average Bonchev–Trinajstić information content (AvgIpc) is 2.28. The second kappa shape index (κ2) is 5.31. The van der Waals surface area contributed by atoms with Gasteiger partial charge in [0.05, 0.1) is 5.69 Å². The van der Waals surface area contributed by atoms with E-state index >= 15 is 0 Å². The second-order valence-electron chi connectivity index (χ2n) is 4.07. The predicted octanol–water partition coefficient (Wildman–Crippen LogP) is 2.13. The smallest absolute Gasteiger partial charge is 0.296 e. The monoisotopic (exact) mass is 314 g/mol. The van der Waals surface area contributed by atoms with E-state index in [4.69, 9.17) is 11.6 Å². The third-order valence-corrected chi connectivity index (χ3v) is 3.44. The molecule has 0 amide bonds. The van der Waals surface area contributed by atoms with Gasteiger partial charge in [0.15, 0.2) is 0 Å². The molecule has 0 saturated heterocycles. The molecule has 0 saturated carbocycles. The molecule has 0 radical (unpaired) electrons. The van der Waals surface area contributed by atoms with E-state index in [1.807, 2.05) is 0 Å². The van der Waals surface area contributed by atoms with E-state index in [-0.39, 0.29) is 21.8 Å². The molecule has 20 heavy (non-hydrogen) atoms. The molecule has 2 rings (SSSR count). The van der Waals surface area contributed by atoms with Gasteiger partial charge >= 0.3 is 0 Å². The zero-order chi connectivity index (χ0) is 14.9. The Morgan fingerprint density at radius 3 is 2.50 bits per heavy atom. The van der Waals surface area contributed by atoms with E-state index in [9.17, 15) is 13.0 Å². The maximum Gasteiger partial charge on any atom is 0.296 e. The van der Waals surface area contributed by atoms with Crippen molar-refractivity contribution in [1.29, 1.82) is 0 Å². The third kappa shape index (κ3) is 3.41. The number of anilines is 2. The zero-order valence-corrected chi connectivity index (χ0v) is 12.2. The topological polar surface area (TPSA) is 105 Å². The fourth-order valence-electron chi connectivity index (χ4n) is 1.57. The normalized spacial score (nSPS) is 11.4. The summed E-state index contributed by atoms with van der Waals surface area (Å²) in [4.78, 5) is 11.4. The lowest BCUT2D eigenvalue weighted by Gasteiger charge is -2.10. The summed E-state index contributed by atoms with van der Waals surface area (Å²) in [6.45, 7) is 3.33. The van der Waals surface area contributed by atoms with E-state index in [1.165, 1.54) is 12.1 Å². The number of nitrogens with one attached hydrogen (secondary N) is 1. The van der Waals surface area contributed by atoms with Crippen molar-refractivity contribution in [3.8, 4) is 0 Å². The van der Waals surface area contributed by atoms with Crippen molar-refractivity contribution >= 4 is 33.4 Å². The zero-order valence-electron chi connectivity index (χ0n) is 10.6. The molecule has 0 aliphatic heterocycles. The van der Waals surface area contributed by atoms with Gasteiger partial charge in [0, 0.05) is 0 Å². The molecule has 106 valence electrons. The summed E-state index contributed by atoms with van der Waals surface area (Å²) in [6.07, 6.45) is 0. The summed E-state index contributed by atoms with van der Waals surface area (Å²) in [5.74, 6) is 0.476. The van der Waals surface area contributed by atoms with Gasteiger partial charge in [-0.15, -0.1) is 0 Å². The van der Waals surface area contributed by atoms with Gasteiger partial charge in [-0.2, -0.15) is 18.4 Å². The molecule has 1 aromatic carbocycles. The van der Waals surface area contributed by atoms with E-state index in [0.717, 1.165) is 0 Å². The van der Waals surface area contributed by atoms with Crippen LogP contribution < -0.4 is 5.32 Å². The Bertz CT molecular complexity index is 744. The number of nitrogens with zero attached hydrogens (tertiary/aromatic N) is 3. The minimum Gasteiger partial charge on any atom is -0.323 e. The molecule has 7 nitrogen and oxygen atoms in total. The summed E-state index contributed by atoms with van der Waals surface area (Å²) < 4.78 is 32.0. The van der Waals surface area contributed by atoms with Crippen LogP contribution in [0.2, 0.25) is 5.28 Å². The predicted molar refractivity (Wildman–Crippen MR) is 73.9 cm³/mol. The SMILES string of the molecule is Cc1ccc(Nc2nc(C)nc(Cl)n2)c(S(=O)(=O)O)c1. The number of aryl methyl sites for hydroxylation is 2. The van der Waals surface area contributed by atoms with Gasteiger partial charge in [-0.1, -0.05) is 6.07 Å². The highest BCUT2D eigenvalue weighted by Gasteiger charge is 2.16. The Balaban J connectivity index is 2.48. The molecule has 0 spiro atoms. The molecule has 0 aliphatic carbocycles. The van der Waals surface area contributed by atoms with Crippen LogP contribution in [-0.2, 0) is 10.1 Å². The molecule has 0 fully saturated rings. The summed E-state index contributed by atoms with van der Waals surface area (Å²) in [6, 6.07) is 4.53. The fourth-order valence-corrected chi connectivity index (χ4v) is 2.51. The van der Waals surface area contributed by atoms with Crippen LogP contribution in [-0.4, -0.2) is 27.9 Å². The molecule has 1 aromatic heterocycles. The standard InChI is InChI=1S/C11H11ClN4O3S/c1-6-3-4-8(9(5-6)20(17,18)19)15-11-14-7(2)13-10(12)16-11/h3-5H,1-2H3,(H,17,18,19)(H,13,14,15,16). The molecule has 9 heteroatoms. The van der Waals surface area contributed by atoms with E-state index in [1.54, 1.807) is 19.9 Å². The lowest BCUT2D eigenvalue weighted by Crippen LogP contribution is -2.06. The molecule has 2 N–H and O–H groups in total. The minimum absolute atomic E-state index is 0.0134. The molecule has 0 bridgehead atoms. The van der Waals surface area contributed by atoms with Crippen molar-refractivity contribution in [3.63, 3.8) is 0 Å². The van der Waals surface area contributed by atoms with Gasteiger partial charge in [-0.3, -0.25) is 4.55 Å². The van der Waals surface area contributed by atoms with E-state index in [0.29, 0.717) is 11.4 Å². The van der Waals surface area contributed by atoms with E-state index in [2.05, 4.69) is 20.3 Å². The van der Waals surface area contributed by atoms with Crippen molar-refractivity contribution < 1.29 is 13.0 Å². The van der Waals surface area contributed by atoms with Crippen molar-refractivity contribution in [2.75, 3.05) is 5.32 Å². The van der Waals surface area contributed by atoms with Crippen LogP contribution in [0.15, 0.2) is 23.1 Å². The molecule has 0 aliphatic rings. The van der Waals surface area contributed by atoms with Crippen LogP contribution in [0.25, 0.3) is 0 Å². The molecule has 0 atom stereocenters. The summed E-state index contributed by atoms with van der Waals surface area (Å²) >= 11 is 5.70. The fraction of sp³-hybridized carbons (Fsp3) is 0.182. The first-order chi connectivity index (χ1) is 9.25. The Hall–Kier alpha value is -1.77. The number of rotatable bonds is 3. The van der Waals surface area contributed by atoms with Gasteiger partial charge in [0.2, 0.25) is 11.2 Å². The number of halogens is 1. The van der Waals surface area contributed by atoms with Gasteiger partial charge in [0.1, 0.15) is 10.7 Å². The van der Waals surface area contributed by atoms with Crippen LogP contribution in [0, 0.1) is 13.8 Å². The van der Waals surface area contributed by atoms with Crippen LogP contribution >= 0.6 is 11.6 Å². The van der Waals surface area contributed by atoms with Crippen molar-refractivity contribution in [2.24, 2.45) is 0 Å². The Morgan fingerprint density at radius 1 is 1.20 bits per heavy atom. The van der Waals surface area contributed by atoms with Gasteiger partial charge in [-0.05, 0) is 43.1 Å². The van der Waals surface area contributed by atoms with E-state index < -0.39 is 10.1 Å². The highest BCUT2D eigenvalue weighted by molar-refractivity contribution is 7.86. The molecule has 1 heterocycles. The average molecular weight is 315 g/mol. The van der Waals surface area contributed by atoms with Gasteiger partial charge in [-0.25, -0.2) is 4.98 Å². The number of benzene rings is 1. The summed E-state index contributed by atoms with van der Waals surface area (Å²) in [5, 5.41) is 2.69. The number of aromatic nitrogens is 3. The molecule has 2 aromatic rings. The highest BCUT2D eigenvalue weighted by Crippen LogP contribution is 2.25. The molecule has 0 unspecified atom stereocenters. The largest absolute Gasteiger partial charge is 0.323 e. The lowest BCUT2D eigenvalue weighted by molar-refractivity contribution is 0.483. The third-order valence-electron chi connectivity index (χ3n) is 2.38. The maximum atomic E-state index is 11.4. The molecular weight excluding hydrogens is 304 g/mol. The summed E-state index contributed by atoms with van der Waals surface area (Å²) in [7, 11) is -4.36. The van der Waals surface area contributed by atoms with Crippen LogP contribution in [0.5, 0.6) is 0 Å². The maximum absolute atomic E-state index is 11.4. The first kappa shape index (κ1) is 14.6. The summed E-state index contributed by atoms with van der Waals surface area (Å²) in [5.41, 5.74) is 0.841. The first-order valence-electron chi connectivity index (χ1n) is 5.49. The lowest BCUT2D eigenvalue weighted by atomic mass is 10.2. The Morgan fingerprint density at radius 2 is 1.90 bits per heavy atom. The van der Waals surface area contributed by atoms with Crippen LogP contribution in [0.3, 0.4) is 0 Å². The van der Waals surface area contributed by atoms with Crippen LogP contribution in [0.4, 0.5) is 11.6 Å². The quantitative estimate of drug-likeness (QED) is 0.836. The Kier molecular flexibility index (Phi) is 3.89. The number of hydrogen-bond acceptors (Lipinski definition) is 6. The second-order valence-corrected chi connectivity index (χ2v) is 5.80. The van der Waals surface area contributed by atoms with Crippen molar-refractivity contribution in [1.82, 2.24) is 15.0 Å². The van der Waals surface area contributed by atoms with Crippen LogP contribution in [0.1, 0.15) is 11.4 Å². The Labute approximate surface area is 120 Å². The highest BCUT2D eigenvalue weighted by atomic mass is 35.5. The van der Waals surface area contributed by atoms with Crippen molar-refractivity contribution in [2.45, 2.75) is 18.7 Å². The number of hydrogen-bond donors (Lipinski definition) is 2.